The van der Waals surface area contributed by atoms with Crippen LogP contribution in [0.25, 0.3) is 16.7 Å². The number of ketones is 1. The molecule has 0 spiro atoms. The summed E-state index contributed by atoms with van der Waals surface area (Å²) < 4.78 is 100. The number of anilines is 1. The Morgan fingerprint density at radius 3 is 2.15 bits per heavy atom. The van der Waals surface area contributed by atoms with Crippen LogP contribution in [0.4, 0.5) is 36.4 Å². The number of benzene rings is 2. The van der Waals surface area contributed by atoms with Crippen molar-refractivity contribution in [3.63, 3.8) is 0 Å². The summed E-state index contributed by atoms with van der Waals surface area (Å²) in [4.78, 5) is 30.0. The first-order valence-corrected chi connectivity index (χ1v) is 14.8. The van der Waals surface area contributed by atoms with Crippen molar-refractivity contribution in [3.05, 3.63) is 100 Å². The fraction of sp³-hybridized carbons (Fsp3) is 0.343. The minimum atomic E-state index is -5.06. The largest absolute Gasteiger partial charge is 0.463 e. The molecule has 0 atom stereocenters. The number of hydrogen-bond donors (Lipinski definition) is 1. The summed E-state index contributed by atoms with van der Waals surface area (Å²) in [5.41, 5.74) is -0.982. The predicted octanol–water partition coefficient (Wildman–Crippen LogP) is 9.25. The van der Waals surface area contributed by atoms with Gasteiger partial charge in [0.05, 0.1) is 47.3 Å². The van der Waals surface area contributed by atoms with Gasteiger partial charge in [-0.1, -0.05) is 12.1 Å². The van der Waals surface area contributed by atoms with Crippen LogP contribution in [0, 0.1) is 12.7 Å². The molecule has 0 unspecified atom stereocenters. The maximum atomic E-state index is 14.0. The third-order valence-corrected chi connectivity index (χ3v) is 8.02. The number of aromatic nitrogens is 1. The molecule has 0 aliphatic heterocycles. The van der Waals surface area contributed by atoms with E-state index in [0.717, 1.165) is 17.6 Å². The van der Waals surface area contributed by atoms with Gasteiger partial charge in [0.1, 0.15) is 5.82 Å². The van der Waals surface area contributed by atoms with Gasteiger partial charge in [-0.25, -0.2) is 9.18 Å². The van der Waals surface area contributed by atoms with E-state index < -0.39 is 58.6 Å². The number of nitrogens with one attached hydrogen (secondary N) is 1. The number of ether oxygens (including phenoxy) is 1. The van der Waals surface area contributed by atoms with Crippen molar-refractivity contribution in [3.8, 4) is 11.1 Å². The van der Waals surface area contributed by atoms with E-state index >= 15 is 0 Å². The van der Waals surface area contributed by atoms with Gasteiger partial charge >= 0.3 is 18.3 Å². The lowest BCUT2D eigenvalue weighted by molar-refractivity contribution is -0.143. The number of nitrogens with zero attached hydrogens (tertiary/aromatic N) is 1. The molecule has 1 aromatic heterocycles. The Balaban J connectivity index is 1.70. The van der Waals surface area contributed by atoms with Gasteiger partial charge in [-0.2, -0.15) is 26.3 Å². The van der Waals surface area contributed by atoms with E-state index in [9.17, 15) is 40.3 Å². The highest BCUT2D eigenvalue weighted by Crippen LogP contribution is 2.40. The highest BCUT2D eigenvalue weighted by atomic mass is 19.4. The van der Waals surface area contributed by atoms with E-state index in [1.807, 2.05) is 6.08 Å². The first-order chi connectivity index (χ1) is 21.9. The fourth-order valence-corrected chi connectivity index (χ4v) is 5.30. The molecular weight excluding hydrogens is 629 g/mol. The number of allylic oxidation sites excluding steroid dienone is 3. The lowest BCUT2D eigenvalue weighted by atomic mass is 9.79. The molecule has 0 bridgehead atoms. The molecule has 47 heavy (non-hydrogen) atoms. The van der Waals surface area contributed by atoms with Gasteiger partial charge in [0.25, 0.3) is 0 Å². The third-order valence-electron chi connectivity index (χ3n) is 8.02. The van der Waals surface area contributed by atoms with Gasteiger partial charge in [0.15, 0.2) is 5.78 Å². The lowest BCUT2D eigenvalue weighted by Crippen LogP contribution is -2.35. The van der Waals surface area contributed by atoms with Crippen LogP contribution in [0.2, 0.25) is 0 Å². The molecule has 1 aliphatic rings. The Bertz CT molecular complexity index is 1710. The number of pyridine rings is 1. The summed E-state index contributed by atoms with van der Waals surface area (Å²) >= 11 is 0. The van der Waals surface area contributed by atoms with Crippen molar-refractivity contribution in [2.75, 3.05) is 18.5 Å². The Hall–Kier alpha value is -4.48. The number of carbonyl (C=O) groups excluding carboxylic acids is 2. The molecule has 4 rings (SSSR count). The van der Waals surface area contributed by atoms with Crippen molar-refractivity contribution in [1.82, 2.24) is 4.98 Å². The Morgan fingerprint density at radius 2 is 1.55 bits per heavy atom. The number of rotatable bonds is 9. The zero-order valence-corrected chi connectivity index (χ0v) is 26.1. The van der Waals surface area contributed by atoms with Gasteiger partial charge < -0.3 is 10.1 Å². The first-order valence-electron chi connectivity index (χ1n) is 14.8. The van der Waals surface area contributed by atoms with Crippen molar-refractivity contribution in [1.29, 1.82) is 0 Å². The Kier molecular flexibility index (Phi) is 10.3. The normalized spacial score (nSPS) is 15.0. The zero-order chi connectivity index (χ0) is 34.7. The molecule has 3 aromatic rings. The van der Waals surface area contributed by atoms with Crippen LogP contribution < -0.4 is 5.32 Å². The van der Waals surface area contributed by atoms with Crippen LogP contribution >= 0.6 is 0 Å². The van der Waals surface area contributed by atoms with Crippen LogP contribution in [0.1, 0.15) is 68.0 Å². The Morgan fingerprint density at radius 1 is 0.915 bits per heavy atom. The molecule has 250 valence electrons. The van der Waals surface area contributed by atoms with E-state index in [0.29, 0.717) is 53.0 Å². The molecule has 1 heterocycles. The van der Waals surface area contributed by atoms with Gasteiger partial charge in [0, 0.05) is 11.6 Å². The van der Waals surface area contributed by atoms with Crippen LogP contribution in [0.15, 0.2) is 66.4 Å². The van der Waals surface area contributed by atoms with E-state index in [1.54, 1.807) is 26.0 Å². The maximum Gasteiger partial charge on any atom is 0.416 e. The second-order valence-electron chi connectivity index (χ2n) is 11.8. The first kappa shape index (κ1) is 35.4. The molecule has 0 fully saturated rings. The quantitative estimate of drug-likeness (QED) is 0.141. The molecule has 0 saturated heterocycles. The lowest BCUT2D eigenvalue weighted by Gasteiger charge is -2.27. The van der Waals surface area contributed by atoms with Crippen LogP contribution in [-0.2, 0) is 32.1 Å². The molecule has 5 nitrogen and oxygen atoms in total. The Labute approximate surface area is 267 Å². The SMILES string of the molecule is CCOC(=O)C=C1C=C(c2cc(-c3ccc(F)cc3C)c(NCC(=O)C(C)(C)c3cc(C(F)(F)F)cc(C(F)(F)F)c3)cn2)CCC1. The number of esters is 1. The minimum absolute atomic E-state index is 0.0180. The molecule has 1 N–H and O–H groups in total. The van der Waals surface area contributed by atoms with Crippen LogP contribution in [-0.4, -0.2) is 29.9 Å². The van der Waals surface area contributed by atoms with E-state index in [4.69, 9.17) is 4.74 Å². The van der Waals surface area contributed by atoms with Crippen LogP contribution in [0.3, 0.4) is 0 Å². The molecule has 12 heteroatoms. The van der Waals surface area contributed by atoms with Crippen molar-refractivity contribution in [2.24, 2.45) is 0 Å². The predicted molar refractivity (Wildman–Crippen MR) is 164 cm³/mol. The summed E-state index contributed by atoms with van der Waals surface area (Å²) in [6.07, 6.45) is -3.31. The maximum absolute atomic E-state index is 14.0. The number of halogens is 7. The number of Topliss-reactive ketones (excluding diaryl/α,β-unsaturated/α-hetero) is 1. The summed E-state index contributed by atoms with van der Waals surface area (Å²) in [7, 11) is 0. The fourth-order valence-electron chi connectivity index (χ4n) is 5.30. The molecule has 0 saturated carbocycles. The molecular formula is C35H33F7N2O3. The van der Waals surface area contributed by atoms with Gasteiger partial charge in [-0.05, 0) is 111 Å². The summed E-state index contributed by atoms with van der Waals surface area (Å²) in [6, 6.07) is 7.04. The molecule has 0 amide bonds. The third kappa shape index (κ3) is 8.47. The minimum Gasteiger partial charge on any atom is -0.463 e. The summed E-state index contributed by atoms with van der Waals surface area (Å²) in [5.74, 6) is -1.60. The second kappa shape index (κ2) is 13.7. The highest BCUT2D eigenvalue weighted by Gasteiger charge is 2.40. The number of hydrogen-bond acceptors (Lipinski definition) is 5. The monoisotopic (exact) mass is 662 g/mol. The number of alkyl halides is 6. The molecule has 1 aliphatic carbocycles. The van der Waals surface area contributed by atoms with Crippen LogP contribution in [0.5, 0.6) is 0 Å². The van der Waals surface area contributed by atoms with Gasteiger partial charge in [0.2, 0.25) is 0 Å². The average molecular weight is 663 g/mol. The van der Waals surface area contributed by atoms with Crippen molar-refractivity contribution in [2.45, 2.75) is 64.7 Å². The highest BCUT2D eigenvalue weighted by molar-refractivity contribution is 5.94. The number of aryl methyl sites for hydroxylation is 1. The van der Waals surface area contributed by atoms with Gasteiger partial charge in [-0.15, -0.1) is 0 Å². The van der Waals surface area contributed by atoms with E-state index in [-0.39, 0.29) is 12.7 Å². The smallest absolute Gasteiger partial charge is 0.416 e. The molecule has 0 radical (unpaired) electrons. The average Bonchev–Trinajstić information content (AvgIpc) is 2.99. The summed E-state index contributed by atoms with van der Waals surface area (Å²) in [5, 5.41) is 2.96. The number of carbonyl (C=O) groups is 2. The zero-order valence-electron chi connectivity index (χ0n) is 26.1. The van der Waals surface area contributed by atoms with E-state index in [2.05, 4.69) is 10.3 Å². The summed E-state index contributed by atoms with van der Waals surface area (Å²) in [6.45, 7) is 5.70. The van der Waals surface area contributed by atoms with E-state index in [1.165, 1.54) is 38.3 Å². The standard InChI is InChI=1S/C35H33F7N2O3/c1-5-47-32(46)13-21-7-6-8-22(12-21)29-17-28(27-10-9-26(36)11-20(27)2)30(18-43-29)44-19-31(45)33(3,4)23-14-24(34(37,38)39)16-25(15-23)35(40,41)42/h9-18,44H,5-8,19H2,1-4H3. The van der Waals surface area contributed by atoms with Crippen molar-refractivity contribution < 1.29 is 45.1 Å². The van der Waals surface area contributed by atoms with Gasteiger partial charge in [-0.3, -0.25) is 9.78 Å². The molecule has 2 aromatic carbocycles. The second-order valence-corrected chi connectivity index (χ2v) is 11.8. The topological polar surface area (TPSA) is 68.3 Å². The van der Waals surface area contributed by atoms with Crippen molar-refractivity contribution >= 4 is 23.0 Å².